The number of anilines is 1. The molecule has 2 aliphatic rings. The van der Waals surface area contributed by atoms with Gasteiger partial charge in [0, 0.05) is 38.9 Å². The molecule has 2 aliphatic heterocycles. The standard InChI is InChI=1S/C27H29N5O3S2/c1-3-29-14-16-30(17-15-29)24-21(25(33)31-12-5-4-6-23(31)28-24)18-22-26(34)32(27(36)37-22)13-11-19-7-9-20(35-2)10-8-19/h4-10,12,18H,3,11,13-17H2,1-2H3. The Kier molecular flexibility index (Phi) is 7.59. The van der Waals surface area contributed by atoms with Crippen molar-refractivity contribution in [1.82, 2.24) is 19.2 Å². The van der Waals surface area contributed by atoms with Crippen molar-refractivity contribution in [2.75, 3.05) is 51.3 Å². The number of fused-ring (bicyclic) bond motifs is 1. The summed E-state index contributed by atoms with van der Waals surface area (Å²) in [6.07, 6.45) is 4.06. The number of pyridine rings is 1. The minimum absolute atomic E-state index is 0.178. The molecule has 2 fully saturated rings. The molecule has 2 aromatic heterocycles. The van der Waals surface area contributed by atoms with Crippen LogP contribution in [0.5, 0.6) is 5.75 Å². The zero-order valence-corrected chi connectivity index (χ0v) is 22.6. The van der Waals surface area contributed by atoms with Crippen molar-refractivity contribution < 1.29 is 9.53 Å². The molecular formula is C27H29N5O3S2. The Morgan fingerprint density at radius 1 is 1.08 bits per heavy atom. The summed E-state index contributed by atoms with van der Waals surface area (Å²) in [5.41, 5.74) is 1.90. The van der Waals surface area contributed by atoms with Crippen molar-refractivity contribution in [3.05, 3.63) is 75.0 Å². The Hall–Kier alpha value is -3.21. The van der Waals surface area contributed by atoms with Crippen LogP contribution in [0, 0.1) is 0 Å². The van der Waals surface area contributed by atoms with E-state index in [-0.39, 0.29) is 11.5 Å². The first-order valence-corrected chi connectivity index (χ1v) is 13.6. The van der Waals surface area contributed by atoms with Crippen molar-refractivity contribution in [3.63, 3.8) is 0 Å². The molecule has 0 spiro atoms. The molecule has 3 aromatic rings. The van der Waals surface area contributed by atoms with Crippen molar-refractivity contribution >= 4 is 51.7 Å². The molecule has 1 amide bonds. The Bertz CT molecular complexity index is 1410. The van der Waals surface area contributed by atoms with Gasteiger partial charge in [-0.1, -0.05) is 49.1 Å². The molecule has 0 saturated carbocycles. The summed E-state index contributed by atoms with van der Waals surface area (Å²) in [4.78, 5) is 38.4. The predicted molar refractivity (Wildman–Crippen MR) is 152 cm³/mol. The fourth-order valence-electron chi connectivity index (χ4n) is 4.59. The number of carbonyl (C=O) groups excluding carboxylic acids is 1. The normalized spacial score (nSPS) is 17.8. The summed E-state index contributed by atoms with van der Waals surface area (Å²) >= 11 is 6.79. The van der Waals surface area contributed by atoms with E-state index in [1.54, 1.807) is 30.3 Å². The van der Waals surface area contributed by atoms with Gasteiger partial charge in [-0.3, -0.25) is 18.9 Å². The fourth-order valence-corrected chi connectivity index (χ4v) is 5.88. The summed E-state index contributed by atoms with van der Waals surface area (Å²) in [5, 5.41) is 0. The zero-order chi connectivity index (χ0) is 25.9. The number of thioether (sulfide) groups is 1. The van der Waals surface area contributed by atoms with E-state index in [0.717, 1.165) is 44.0 Å². The number of likely N-dealkylation sites (N-methyl/N-ethyl adjacent to an activating group) is 1. The number of rotatable bonds is 7. The lowest BCUT2D eigenvalue weighted by atomic mass is 10.1. The van der Waals surface area contributed by atoms with Gasteiger partial charge in [-0.25, -0.2) is 4.98 Å². The van der Waals surface area contributed by atoms with E-state index in [1.807, 2.05) is 36.4 Å². The second kappa shape index (κ2) is 11.0. The number of ether oxygens (including phenoxy) is 1. The summed E-state index contributed by atoms with van der Waals surface area (Å²) in [5.74, 6) is 1.23. The average molecular weight is 536 g/mol. The monoisotopic (exact) mass is 535 g/mol. The lowest BCUT2D eigenvalue weighted by Gasteiger charge is -2.35. The zero-order valence-electron chi connectivity index (χ0n) is 20.9. The van der Waals surface area contributed by atoms with Gasteiger partial charge in [0.15, 0.2) is 0 Å². The number of thiocarbonyl (C=S) groups is 1. The summed E-state index contributed by atoms with van der Waals surface area (Å²) < 4.78 is 7.25. The molecular weight excluding hydrogens is 506 g/mol. The van der Waals surface area contributed by atoms with Crippen LogP contribution in [0.15, 0.2) is 58.4 Å². The third-order valence-electron chi connectivity index (χ3n) is 6.80. The quantitative estimate of drug-likeness (QED) is 0.337. The molecule has 8 nitrogen and oxygen atoms in total. The highest BCUT2D eigenvalue weighted by Crippen LogP contribution is 2.34. The van der Waals surface area contributed by atoms with Gasteiger partial charge in [-0.2, -0.15) is 0 Å². The molecule has 4 heterocycles. The van der Waals surface area contributed by atoms with Gasteiger partial charge < -0.3 is 14.5 Å². The van der Waals surface area contributed by atoms with Gasteiger partial charge in [-0.05, 0) is 48.9 Å². The van der Waals surface area contributed by atoms with Gasteiger partial charge in [0.2, 0.25) is 0 Å². The Balaban J connectivity index is 1.44. The number of hydrogen-bond acceptors (Lipinski definition) is 8. The lowest BCUT2D eigenvalue weighted by molar-refractivity contribution is -0.122. The molecule has 37 heavy (non-hydrogen) atoms. The van der Waals surface area contributed by atoms with E-state index >= 15 is 0 Å². The average Bonchev–Trinajstić information content (AvgIpc) is 3.20. The molecule has 1 aromatic carbocycles. The highest BCUT2D eigenvalue weighted by atomic mass is 32.2. The van der Waals surface area contributed by atoms with Crippen molar-refractivity contribution in [2.45, 2.75) is 13.3 Å². The molecule has 0 radical (unpaired) electrons. The minimum Gasteiger partial charge on any atom is -0.497 e. The van der Waals surface area contributed by atoms with Gasteiger partial charge in [0.25, 0.3) is 11.5 Å². The number of piperazine rings is 1. The molecule has 5 rings (SSSR count). The number of aromatic nitrogens is 2. The van der Waals surface area contributed by atoms with Crippen LogP contribution in [0.25, 0.3) is 11.7 Å². The Morgan fingerprint density at radius 3 is 2.54 bits per heavy atom. The van der Waals surface area contributed by atoms with Gasteiger partial charge >= 0.3 is 0 Å². The Labute approximate surface area is 225 Å². The van der Waals surface area contributed by atoms with Crippen LogP contribution in [-0.4, -0.2) is 75.8 Å². The maximum atomic E-state index is 13.6. The number of methoxy groups -OCH3 is 1. The van der Waals surface area contributed by atoms with Crippen LogP contribution in [0.1, 0.15) is 18.1 Å². The molecule has 0 unspecified atom stereocenters. The third kappa shape index (κ3) is 5.27. The van der Waals surface area contributed by atoms with Crippen LogP contribution in [-0.2, 0) is 11.2 Å². The number of benzene rings is 1. The van der Waals surface area contributed by atoms with E-state index in [0.29, 0.717) is 39.2 Å². The predicted octanol–water partition coefficient (Wildman–Crippen LogP) is 3.29. The van der Waals surface area contributed by atoms with Crippen LogP contribution >= 0.6 is 24.0 Å². The summed E-state index contributed by atoms with van der Waals surface area (Å²) in [7, 11) is 1.63. The van der Waals surface area contributed by atoms with E-state index in [2.05, 4.69) is 16.7 Å². The summed E-state index contributed by atoms with van der Waals surface area (Å²) in [6.45, 7) is 6.96. The first-order chi connectivity index (χ1) is 18.0. The van der Waals surface area contributed by atoms with Crippen molar-refractivity contribution in [2.24, 2.45) is 0 Å². The maximum absolute atomic E-state index is 13.6. The second-order valence-corrected chi connectivity index (χ2v) is 10.6. The van der Waals surface area contributed by atoms with E-state index < -0.39 is 0 Å². The smallest absolute Gasteiger partial charge is 0.267 e. The molecule has 0 aliphatic carbocycles. The third-order valence-corrected chi connectivity index (χ3v) is 8.18. The first kappa shape index (κ1) is 25.4. The number of hydrogen-bond donors (Lipinski definition) is 0. The van der Waals surface area contributed by atoms with E-state index in [1.165, 1.54) is 16.2 Å². The molecule has 0 atom stereocenters. The first-order valence-electron chi connectivity index (χ1n) is 12.4. The number of nitrogens with zero attached hydrogens (tertiary/aromatic N) is 5. The van der Waals surface area contributed by atoms with E-state index in [4.69, 9.17) is 21.9 Å². The van der Waals surface area contributed by atoms with E-state index in [9.17, 15) is 9.59 Å². The van der Waals surface area contributed by atoms with Crippen LogP contribution in [0.4, 0.5) is 5.82 Å². The van der Waals surface area contributed by atoms with Gasteiger partial charge in [0.1, 0.15) is 21.5 Å². The highest BCUT2D eigenvalue weighted by molar-refractivity contribution is 8.26. The second-order valence-electron chi connectivity index (χ2n) is 8.94. The molecule has 192 valence electrons. The Morgan fingerprint density at radius 2 is 1.84 bits per heavy atom. The van der Waals surface area contributed by atoms with Gasteiger partial charge in [-0.15, -0.1) is 0 Å². The molecule has 0 bridgehead atoms. The lowest BCUT2D eigenvalue weighted by Crippen LogP contribution is -2.47. The molecule has 2 saturated heterocycles. The fraction of sp³-hybridized carbons (Fsp3) is 0.333. The highest BCUT2D eigenvalue weighted by Gasteiger charge is 2.33. The number of carbonyl (C=O) groups is 1. The molecule has 10 heteroatoms. The van der Waals surface area contributed by atoms with Crippen LogP contribution in [0.3, 0.4) is 0 Å². The molecule has 0 N–H and O–H groups in total. The van der Waals surface area contributed by atoms with Crippen LogP contribution < -0.4 is 15.2 Å². The van der Waals surface area contributed by atoms with Crippen molar-refractivity contribution in [1.29, 1.82) is 0 Å². The topological polar surface area (TPSA) is 70.4 Å². The van der Waals surface area contributed by atoms with Crippen molar-refractivity contribution in [3.8, 4) is 5.75 Å². The largest absolute Gasteiger partial charge is 0.497 e. The van der Waals surface area contributed by atoms with Crippen LogP contribution in [0.2, 0.25) is 0 Å². The number of amides is 1. The minimum atomic E-state index is -0.193. The SMILES string of the molecule is CCN1CCN(c2nc3ccccn3c(=O)c2C=C2SC(=S)N(CCc3ccc(OC)cc3)C2=O)CC1. The summed E-state index contributed by atoms with van der Waals surface area (Å²) in [6, 6.07) is 13.3. The maximum Gasteiger partial charge on any atom is 0.267 e. The van der Waals surface area contributed by atoms with Gasteiger partial charge in [0.05, 0.1) is 17.6 Å².